The van der Waals surface area contributed by atoms with Crippen molar-refractivity contribution in [3.63, 3.8) is 0 Å². The van der Waals surface area contributed by atoms with Crippen LogP contribution >= 0.6 is 0 Å². The number of ether oxygens (including phenoxy) is 9. The van der Waals surface area contributed by atoms with E-state index in [2.05, 4.69) is 12.1 Å². The quantitative estimate of drug-likeness (QED) is 0.226. The molecule has 10 heteroatoms. The second-order valence-electron chi connectivity index (χ2n) is 8.31. The first kappa shape index (κ1) is 29.9. The van der Waals surface area contributed by atoms with Crippen LogP contribution in [0.15, 0.2) is 36.4 Å². The third kappa shape index (κ3) is 11.4. The molecule has 0 atom stereocenters. The summed E-state index contributed by atoms with van der Waals surface area (Å²) in [4.78, 5) is 0. The van der Waals surface area contributed by atoms with Crippen molar-refractivity contribution >= 4 is 0 Å². The predicted octanol–water partition coefficient (Wildman–Crippen LogP) is 2.66. The third-order valence-electron chi connectivity index (χ3n) is 5.57. The Bertz CT molecular complexity index is 890. The van der Waals surface area contributed by atoms with E-state index in [4.69, 9.17) is 47.7 Å². The average molecular weight is 537 g/mol. The fourth-order valence-corrected chi connectivity index (χ4v) is 3.62. The van der Waals surface area contributed by atoms with Gasteiger partial charge in [0.05, 0.1) is 79.8 Å². The number of aliphatic hydroxyl groups is 1. The molecule has 212 valence electrons. The van der Waals surface area contributed by atoms with Gasteiger partial charge in [-0.3, -0.25) is 0 Å². The van der Waals surface area contributed by atoms with Gasteiger partial charge in [-0.05, 0) is 48.2 Å². The molecule has 38 heavy (non-hydrogen) atoms. The standard InChI is InChI=1S/C28H40O10/c1-30-25-6-4-23(5-7-25)2-3-24-20-26(28-27(21-24)37-22-38-28)36-19-18-35-17-16-34-15-14-33-13-12-32-11-10-31-9-8-29/h4-7,20-21,29H,2-3,8-19,22H2,1H3. The van der Waals surface area contributed by atoms with Crippen molar-refractivity contribution in [2.45, 2.75) is 12.8 Å². The van der Waals surface area contributed by atoms with Crippen LogP contribution in [0, 0.1) is 0 Å². The van der Waals surface area contributed by atoms with Crippen LogP contribution in [0.5, 0.6) is 23.0 Å². The van der Waals surface area contributed by atoms with Crippen LogP contribution < -0.4 is 18.9 Å². The molecule has 1 aliphatic rings. The van der Waals surface area contributed by atoms with E-state index in [9.17, 15) is 0 Å². The number of aliphatic hydroxyl groups excluding tert-OH is 1. The summed E-state index contributed by atoms with van der Waals surface area (Å²) in [6, 6.07) is 12.1. The van der Waals surface area contributed by atoms with Gasteiger partial charge in [0.15, 0.2) is 11.5 Å². The maximum Gasteiger partial charge on any atom is 0.231 e. The van der Waals surface area contributed by atoms with Crippen LogP contribution in [0.3, 0.4) is 0 Å². The lowest BCUT2D eigenvalue weighted by atomic mass is 10.0. The normalized spacial score (nSPS) is 12.2. The summed E-state index contributed by atoms with van der Waals surface area (Å²) in [7, 11) is 1.67. The van der Waals surface area contributed by atoms with Crippen molar-refractivity contribution < 1.29 is 47.7 Å². The molecule has 0 saturated carbocycles. The van der Waals surface area contributed by atoms with Gasteiger partial charge in [-0.15, -0.1) is 0 Å². The van der Waals surface area contributed by atoms with E-state index in [0.717, 1.165) is 24.2 Å². The molecule has 2 aromatic rings. The number of methoxy groups -OCH3 is 1. The van der Waals surface area contributed by atoms with Crippen LogP contribution in [-0.2, 0) is 36.5 Å². The topological polar surface area (TPSA) is 103 Å². The van der Waals surface area contributed by atoms with E-state index in [1.807, 2.05) is 24.3 Å². The Morgan fingerprint density at radius 2 is 1.21 bits per heavy atom. The molecule has 0 radical (unpaired) electrons. The summed E-state index contributed by atoms with van der Waals surface area (Å²) < 4.78 is 49.4. The molecule has 0 spiro atoms. The van der Waals surface area contributed by atoms with Gasteiger partial charge in [0.2, 0.25) is 12.5 Å². The fraction of sp³-hybridized carbons (Fsp3) is 0.571. The highest BCUT2D eigenvalue weighted by atomic mass is 16.7. The summed E-state index contributed by atoms with van der Waals surface area (Å²) in [5.74, 6) is 2.87. The molecule has 0 fully saturated rings. The van der Waals surface area contributed by atoms with E-state index < -0.39 is 0 Å². The van der Waals surface area contributed by atoms with Crippen molar-refractivity contribution in [1.82, 2.24) is 0 Å². The van der Waals surface area contributed by atoms with E-state index in [1.54, 1.807) is 7.11 Å². The molecule has 0 unspecified atom stereocenters. The minimum Gasteiger partial charge on any atom is -0.497 e. The molecule has 10 nitrogen and oxygen atoms in total. The highest BCUT2D eigenvalue weighted by molar-refractivity contribution is 5.55. The van der Waals surface area contributed by atoms with E-state index in [-0.39, 0.29) is 13.4 Å². The molecule has 2 aromatic carbocycles. The van der Waals surface area contributed by atoms with Crippen molar-refractivity contribution in [2.24, 2.45) is 0 Å². The smallest absolute Gasteiger partial charge is 0.231 e. The van der Waals surface area contributed by atoms with Gasteiger partial charge in [-0.1, -0.05) is 12.1 Å². The molecule has 0 amide bonds. The van der Waals surface area contributed by atoms with Gasteiger partial charge in [-0.2, -0.15) is 0 Å². The molecule has 0 saturated heterocycles. The Morgan fingerprint density at radius 1 is 0.658 bits per heavy atom. The minimum absolute atomic E-state index is 0.0243. The van der Waals surface area contributed by atoms with E-state index in [0.29, 0.717) is 89.9 Å². The molecule has 0 aromatic heterocycles. The lowest BCUT2D eigenvalue weighted by Gasteiger charge is -2.12. The molecule has 1 N–H and O–H groups in total. The van der Waals surface area contributed by atoms with Gasteiger partial charge in [-0.25, -0.2) is 0 Å². The highest BCUT2D eigenvalue weighted by Gasteiger charge is 2.20. The first-order valence-electron chi connectivity index (χ1n) is 13.0. The Labute approximate surface area is 224 Å². The summed E-state index contributed by atoms with van der Waals surface area (Å²) in [6.45, 7) is 5.27. The number of benzene rings is 2. The number of hydrogen-bond donors (Lipinski definition) is 1. The predicted molar refractivity (Wildman–Crippen MR) is 140 cm³/mol. The zero-order valence-electron chi connectivity index (χ0n) is 22.2. The van der Waals surface area contributed by atoms with Crippen LogP contribution in [-0.4, -0.2) is 98.3 Å². The minimum atomic E-state index is 0.0243. The van der Waals surface area contributed by atoms with Crippen LogP contribution in [0.2, 0.25) is 0 Å². The molecule has 1 aliphatic heterocycles. The van der Waals surface area contributed by atoms with Crippen molar-refractivity contribution in [2.75, 3.05) is 93.2 Å². The third-order valence-corrected chi connectivity index (χ3v) is 5.57. The van der Waals surface area contributed by atoms with E-state index in [1.165, 1.54) is 5.56 Å². The largest absolute Gasteiger partial charge is 0.497 e. The summed E-state index contributed by atoms with van der Waals surface area (Å²) >= 11 is 0. The Morgan fingerprint density at radius 3 is 1.79 bits per heavy atom. The van der Waals surface area contributed by atoms with Gasteiger partial charge in [0.1, 0.15) is 12.4 Å². The van der Waals surface area contributed by atoms with E-state index >= 15 is 0 Å². The molecule has 1 heterocycles. The molecular weight excluding hydrogens is 496 g/mol. The first-order chi connectivity index (χ1) is 18.8. The Balaban J connectivity index is 1.22. The maximum absolute atomic E-state index is 8.59. The van der Waals surface area contributed by atoms with Crippen molar-refractivity contribution in [3.8, 4) is 23.0 Å². The van der Waals surface area contributed by atoms with Crippen LogP contribution in [0.25, 0.3) is 0 Å². The monoisotopic (exact) mass is 536 g/mol. The second-order valence-corrected chi connectivity index (χ2v) is 8.31. The number of hydrogen-bond acceptors (Lipinski definition) is 10. The van der Waals surface area contributed by atoms with Crippen molar-refractivity contribution in [1.29, 1.82) is 0 Å². The van der Waals surface area contributed by atoms with Gasteiger partial charge < -0.3 is 47.7 Å². The molecular formula is C28H40O10. The number of aryl methyl sites for hydroxylation is 2. The van der Waals surface area contributed by atoms with Crippen LogP contribution in [0.1, 0.15) is 11.1 Å². The lowest BCUT2D eigenvalue weighted by molar-refractivity contribution is -0.0147. The molecule has 0 aliphatic carbocycles. The average Bonchev–Trinajstić information content (AvgIpc) is 3.43. The maximum atomic E-state index is 8.59. The Kier molecular flexibility index (Phi) is 14.7. The SMILES string of the molecule is COc1ccc(CCc2cc(OCCOCCOCCOCCOCCOCCO)c3c(c2)OCO3)cc1. The molecule has 0 bridgehead atoms. The first-order valence-corrected chi connectivity index (χ1v) is 13.0. The Hall–Kier alpha value is -2.60. The fourth-order valence-electron chi connectivity index (χ4n) is 3.62. The van der Waals surface area contributed by atoms with Gasteiger partial charge >= 0.3 is 0 Å². The molecule has 3 rings (SSSR count). The zero-order chi connectivity index (χ0) is 26.7. The van der Waals surface area contributed by atoms with Gasteiger partial charge in [0.25, 0.3) is 0 Å². The zero-order valence-corrected chi connectivity index (χ0v) is 22.2. The summed E-state index contributed by atoms with van der Waals surface area (Å²) in [5, 5.41) is 8.59. The highest BCUT2D eigenvalue weighted by Crippen LogP contribution is 2.42. The number of fused-ring (bicyclic) bond motifs is 1. The second kappa shape index (κ2) is 18.6. The van der Waals surface area contributed by atoms with Gasteiger partial charge in [0, 0.05) is 0 Å². The van der Waals surface area contributed by atoms with Crippen LogP contribution in [0.4, 0.5) is 0 Å². The summed E-state index contributed by atoms with van der Waals surface area (Å²) in [6.07, 6.45) is 1.75. The summed E-state index contributed by atoms with van der Waals surface area (Å²) in [5.41, 5.74) is 2.36. The van der Waals surface area contributed by atoms with Crippen molar-refractivity contribution in [3.05, 3.63) is 47.5 Å². The number of rotatable bonds is 22. The lowest BCUT2D eigenvalue weighted by Crippen LogP contribution is -2.14.